The maximum absolute atomic E-state index is 12.3. The van der Waals surface area contributed by atoms with Gasteiger partial charge in [-0.05, 0) is 19.4 Å². The van der Waals surface area contributed by atoms with E-state index in [1.807, 2.05) is 20.8 Å². The molecule has 24 heavy (non-hydrogen) atoms. The first-order valence-corrected chi connectivity index (χ1v) is 7.90. The van der Waals surface area contributed by atoms with E-state index in [9.17, 15) is 20.2 Å². The molecule has 1 atom stereocenters. The molecule has 0 radical (unpaired) electrons. The number of nitro groups is 1. The Kier molecular flexibility index (Phi) is 6.86. The predicted molar refractivity (Wildman–Crippen MR) is 91.0 cm³/mol. The topological polar surface area (TPSA) is 99.3 Å². The van der Waals surface area contributed by atoms with Crippen LogP contribution in [0.25, 0.3) is 0 Å². The van der Waals surface area contributed by atoms with Crippen molar-refractivity contribution in [1.82, 2.24) is 10.2 Å². The Bertz CT molecular complexity index is 639. The van der Waals surface area contributed by atoms with Crippen LogP contribution in [0.5, 0.6) is 0 Å². The Labute approximate surface area is 142 Å². The summed E-state index contributed by atoms with van der Waals surface area (Å²) in [6.45, 7) is 8.24. The van der Waals surface area contributed by atoms with Crippen LogP contribution in [0, 0.1) is 27.4 Å². The van der Waals surface area contributed by atoms with E-state index in [-0.39, 0.29) is 24.1 Å². The summed E-state index contributed by atoms with van der Waals surface area (Å²) in [5.74, 6) is -0.301. The van der Waals surface area contributed by atoms with Crippen LogP contribution in [0.3, 0.4) is 0 Å². The summed E-state index contributed by atoms with van der Waals surface area (Å²) in [5, 5.41) is 23.1. The largest absolute Gasteiger partial charge is 0.337 e. The number of carbonyl (C=O) groups excluding carboxylic acids is 1. The number of nitrogens with one attached hydrogen (secondary N) is 1. The Morgan fingerprint density at radius 1 is 1.46 bits per heavy atom. The molecule has 1 aromatic rings. The molecule has 0 spiro atoms. The zero-order valence-corrected chi connectivity index (χ0v) is 14.6. The minimum absolute atomic E-state index is 0.0308. The fourth-order valence-electron chi connectivity index (χ4n) is 2.18. The average molecular weight is 332 g/mol. The fraction of sp³-hybridized carbons (Fsp3) is 0.529. The number of hydrogen-bond acceptors (Lipinski definition) is 5. The zero-order chi connectivity index (χ0) is 18.3. The van der Waals surface area contributed by atoms with Crippen LogP contribution in [0.4, 0.5) is 5.69 Å². The summed E-state index contributed by atoms with van der Waals surface area (Å²) in [4.78, 5) is 24.7. The van der Waals surface area contributed by atoms with Crippen molar-refractivity contribution in [2.45, 2.75) is 39.8 Å². The lowest BCUT2D eigenvalue weighted by atomic mass is 9.90. The molecule has 0 aliphatic heterocycles. The Hall–Kier alpha value is -2.46. The van der Waals surface area contributed by atoms with E-state index >= 15 is 0 Å². The second-order valence-corrected chi connectivity index (χ2v) is 6.21. The monoisotopic (exact) mass is 332 g/mol. The smallest absolute Gasteiger partial charge is 0.273 e. The third-order valence-corrected chi connectivity index (χ3v) is 4.18. The SMILES string of the molecule is CCN(CC(=O)NC(C)(C#N)C(C)C)Cc1ccccc1[N+](=O)[O-]. The van der Waals surface area contributed by atoms with Gasteiger partial charge < -0.3 is 5.32 Å². The van der Waals surface area contributed by atoms with Gasteiger partial charge in [-0.1, -0.05) is 39.0 Å². The maximum Gasteiger partial charge on any atom is 0.273 e. The first-order valence-electron chi connectivity index (χ1n) is 7.90. The molecule has 1 unspecified atom stereocenters. The molecule has 7 nitrogen and oxygen atoms in total. The van der Waals surface area contributed by atoms with Crippen molar-refractivity contribution in [1.29, 1.82) is 5.26 Å². The van der Waals surface area contributed by atoms with Crippen LogP contribution in [-0.4, -0.2) is 34.4 Å². The predicted octanol–water partition coefficient (Wildman–Crippen LogP) is 2.47. The summed E-state index contributed by atoms with van der Waals surface area (Å²) in [6, 6.07) is 8.63. The van der Waals surface area contributed by atoms with Crippen LogP contribution in [0.2, 0.25) is 0 Å². The van der Waals surface area contributed by atoms with Crippen LogP contribution in [0.1, 0.15) is 33.3 Å². The highest BCUT2D eigenvalue weighted by molar-refractivity contribution is 5.79. The van der Waals surface area contributed by atoms with Crippen molar-refractivity contribution in [3.8, 4) is 6.07 Å². The molecular weight excluding hydrogens is 308 g/mol. The van der Waals surface area contributed by atoms with Gasteiger partial charge in [0.05, 0.1) is 17.5 Å². The summed E-state index contributed by atoms with van der Waals surface area (Å²) in [5.41, 5.74) is -0.334. The van der Waals surface area contributed by atoms with E-state index in [2.05, 4.69) is 11.4 Å². The second-order valence-electron chi connectivity index (χ2n) is 6.21. The first-order chi connectivity index (χ1) is 11.2. The molecular formula is C17H24N4O3. The average Bonchev–Trinajstić information content (AvgIpc) is 2.53. The summed E-state index contributed by atoms with van der Waals surface area (Å²) < 4.78 is 0. The van der Waals surface area contributed by atoms with Gasteiger partial charge in [-0.2, -0.15) is 5.26 Å². The van der Waals surface area contributed by atoms with E-state index in [1.54, 1.807) is 30.0 Å². The molecule has 0 saturated carbocycles. The molecule has 1 N–H and O–H groups in total. The molecule has 0 fully saturated rings. The molecule has 1 aromatic carbocycles. The molecule has 0 aromatic heterocycles. The fourth-order valence-corrected chi connectivity index (χ4v) is 2.18. The molecule has 0 heterocycles. The van der Waals surface area contributed by atoms with Crippen molar-refractivity contribution >= 4 is 11.6 Å². The minimum atomic E-state index is -0.935. The quantitative estimate of drug-likeness (QED) is 0.582. The Morgan fingerprint density at radius 2 is 2.08 bits per heavy atom. The number of nitro benzene ring substituents is 1. The lowest BCUT2D eigenvalue weighted by molar-refractivity contribution is -0.385. The van der Waals surface area contributed by atoms with E-state index in [0.717, 1.165) is 0 Å². The minimum Gasteiger partial charge on any atom is -0.337 e. The molecule has 0 bridgehead atoms. The van der Waals surface area contributed by atoms with Crippen molar-refractivity contribution < 1.29 is 9.72 Å². The van der Waals surface area contributed by atoms with E-state index in [4.69, 9.17) is 0 Å². The van der Waals surface area contributed by atoms with Gasteiger partial charge in [0.15, 0.2) is 0 Å². The summed E-state index contributed by atoms with van der Waals surface area (Å²) >= 11 is 0. The molecule has 1 amide bonds. The number of hydrogen-bond donors (Lipinski definition) is 1. The summed E-state index contributed by atoms with van der Waals surface area (Å²) in [7, 11) is 0. The second kappa shape index (κ2) is 8.41. The van der Waals surface area contributed by atoms with Crippen LogP contribution < -0.4 is 5.32 Å². The molecule has 0 aliphatic rings. The number of nitriles is 1. The number of nitrogens with zero attached hydrogens (tertiary/aromatic N) is 3. The third kappa shape index (κ3) is 5.03. The van der Waals surface area contributed by atoms with E-state index in [0.29, 0.717) is 18.7 Å². The lowest BCUT2D eigenvalue weighted by Gasteiger charge is -2.29. The van der Waals surface area contributed by atoms with Gasteiger partial charge in [-0.15, -0.1) is 0 Å². The Morgan fingerprint density at radius 3 is 2.58 bits per heavy atom. The number of amides is 1. The van der Waals surface area contributed by atoms with E-state index < -0.39 is 10.5 Å². The van der Waals surface area contributed by atoms with Crippen LogP contribution in [0.15, 0.2) is 24.3 Å². The van der Waals surface area contributed by atoms with Crippen molar-refractivity contribution in [3.63, 3.8) is 0 Å². The van der Waals surface area contributed by atoms with Gasteiger partial charge in [-0.25, -0.2) is 0 Å². The zero-order valence-electron chi connectivity index (χ0n) is 14.6. The highest BCUT2D eigenvalue weighted by Crippen LogP contribution is 2.19. The van der Waals surface area contributed by atoms with Crippen molar-refractivity contribution in [2.24, 2.45) is 5.92 Å². The maximum atomic E-state index is 12.3. The first kappa shape index (κ1) is 19.6. The van der Waals surface area contributed by atoms with Gasteiger partial charge in [0, 0.05) is 18.2 Å². The Balaban J connectivity index is 2.81. The van der Waals surface area contributed by atoms with Crippen LogP contribution in [-0.2, 0) is 11.3 Å². The molecule has 130 valence electrons. The number of benzene rings is 1. The summed E-state index contributed by atoms with van der Waals surface area (Å²) in [6.07, 6.45) is 0. The van der Waals surface area contributed by atoms with E-state index in [1.165, 1.54) is 6.07 Å². The number of carbonyl (C=O) groups is 1. The van der Waals surface area contributed by atoms with Crippen molar-refractivity contribution in [3.05, 3.63) is 39.9 Å². The standard InChI is InChI=1S/C17H24N4O3/c1-5-20(10-14-8-6-7-9-15(14)21(23)24)11-16(22)19-17(4,12-18)13(2)3/h6-9,13H,5,10-11H2,1-4H3,(H,19,22). The number of likely N-dealkylation sites (N-methyl/N-ethyl adjacent to an activating group) is 1. The highest BCUT2D eigenvalue weighted by atomic mass is 16.6. The van der Waals surface area contributed by atoms with Gasteiger partial charge in [-0.3, -0.25) is 19.8 Å². The van der Waals surface area contributed by atoms with Gasteiger partial charge >= 0.3 is 0 Å². The van der Waals surface area contributed by atoms with Crippen molar-refractivity contribution in [2.75, 3.05) is 13.1 Å². The molecule has 0 saturated heterocycles. The number of rotatable bonds is 8. The molecule has 0 aliphatic carbocycles. The van der Waals surface area contributed by atoms with Gasteiger partial charge in [0.2, 0.25) is 5.91 Å². The normalized spacial score (nSPS) is 13.4. The molecule has 1 rings (SSSR count). The highest BCUT2D eigenvalue weighted by Gasteiger charge is 2.30. The van der Waals surface area contributed by atoms with Gasteiger partial charge in [0.25, 0.3) is 5.69 Å². The molecule has 7 heteroatoms. The third-order valence-electron chi connectivity index (χ3n) is 4.18. The van der Waals surface area contributed by atoms with Crippen LogP contribution >= 0.6 is 0 Å². The van der Waals surface area contributed by atoms with Gasteiger partial charge in [0.1, 0.15) is 5.54 Å². The number of para-hydroxylation sites is 1. The lowest BCUT2D eigenvalue weighted by Crippen LogP contribution is -2.51.